The molecule has 0 bridgehead atoms. The third-order valence-electron chi connectivity index (χ3n) is 4.93. The quantitative estimate of drug-likeness (QED) is 0.907. The smallest absolute Gasteiger partial charge is 0.312 e. The van der Waals surface area contributed by atoms with E-state index in [1.165, 1.54) is 0 Å². The zero-order chi connectivity index (χ0) is 16.4. The van der Waals surface area contributed by atoms with E-state index >= 15 is 0 Å². The summed E-state index contributed by atoms with van der Waals surface area (Å²) in [6.45, 7) is 2.84. The Kier molecular flexibility index (Phi) is 4.22. The summed E-state index contributed by atoms with van der Waals surface area (Å²) in [5, 5.41) is 22.3. The number of aliphatic carboxylic acids is 1. The van der Waals surface area contributed by atoms with Crippen LogP contribution in [0.3, 0.4) is 0 Å². The number of aliphatic hydroxyl groups is 1. The Hall–Kier alpha value is -2.14. The fraction of sp³-hybridized carbons (Fsp3) is 0.444. The van der Waals surface area contributed by atoms with Gasteiger partial charge in [-0.3, -0.25) is 4.79 Å². The van der Waals surface area contributed by atoms with Gasteiger partial charge in [-0.2, -0.15) is 0 Å². The summed E-state index contributed by atoms with van der Waals surface area (Å²) in [6.07, 6.45) is 2.54. The van der Waals surface area contributed by atoms with Crippen molar-refractivity contribution in [2.75, 3.05) is 18.0 Å². The largest absolute Gasteiger partial charge is 0.481 e. The van der Waals surface area contributed by atoms with E-state index in [4.69, 9.17) is 0 Å². The monoisotopic (exact) mass is 314 g/mol. The van der Waals surface area contributed by atoms with E-state index in [9.17, 15) is 15.0 Å². The van der Waals surface area contributed by atoms with Crippen LogP contribution in [0.4, 0.5) is 5.82 Å². The van der Waals surface area contributed by atoms with Crippen molar-refractivity contribution in [3.05, 3.63) is 36.5 Å². The number of aromatic nitrogens is 1. The molecule has 1 aromatic heterocycles. The van der Waals surface area contributed by atoms with Crippen LogP contribution < -0.4 is 4.90 Å². The molecule has 2 N–H and O–H groups in total. The van der Waals surface area contributed by atoms with Gasteiger partial charge in [0.25, 0.3) is 0 Å². The topological polar surface area (TPSA) is 73.7 Å². The molecule has 5 nitrogen and oxygen atoms in total. The van der Waals surface area contributed by atoms with Crippen molar-refractivity contribution in [3.63, 3.8) is 0 Å². The van der Waals surface area contributed by atoms with E-state index in [0.29, 0.717) is 25.9 Å². The minimum absolute atomic E-state index is 0.299. The van der Waals surface area contributed by atoms with Crippen molar-refractivity contribution in [2.24, 2.45) is 5.41 Å². The number of nitrogens with zero attached hydrogens (tertiary/aromatic N) is 2. The van der Waals surface area contributed by atoms with Crippen LogP contribution in [0.25, 0.3) is 10.8 Å². The molecule has 0 spiro atoms. The maximum Gasteiger partial charge on any atom is 0.312 e. The van der Waals surface area contributed by atoms with Gasteiger partial charge in [0.1, 0.15) is 5.82 Å². The van der Waals surface area contributed by atoms with Gasteiger partial charge in [0.2, 0.25) is 0 Å². The van der Waals surface area contributed by atoms with E-state index in [-0.39, 0.29) is 0 Å². The number of benzene rings is 1. The van der Waals surface area contributed by atoms with E-state index in [2.05, 4.69) is 4.98 Å². The Bertz CT molecular complexity index is 713. The van der Waals surface area contributed by atoms with Crippen LogP contribution >= 0.6 is 0 Å². The van der Waals surface area contributed by atoms with Crippen molar-refractivity contribution in [3.8, 4) is 0 Å². The van der Waals surface area contributed by atoms with Crippen molar-refractivity contribution in [1.82, 2.24) is 4.98 Å². The Morgan fingerprint density at radius 3 is 2.87 bits per heavy atom. The van der Waals surface area contributed by atoms with Crippen LogP contribution in [0.2, 0.25) is 0 Å². The summed E-state index contributed by atoms with van der Waals surface area (Å²) in [5.41, 5.74) is -1.03. The number of hydrogen-bond donors (Lipinski definition) is 2. The first kappa shape index (κ1) is 15.7. The van der Waals surface area contributed by atoms with Gasteiger partial charge in [0, 0.05) is 24.7 Å². The highest BCUT2D eigenvalue weighted by Crippen LogP contribution is 2.39. The third kappa shape index (κ3) is 2.65. The number of carbonyl (C=O) groups is 1. The van der Waals surface area contributed by atoms with Crippen molar-refractivity contribution in [2.45, 2.75) is 32.3 Å². The van der Waals surface area contributed by atoms with Crippen molar-refractivity contribution < 1.29 is 15.0 Å². The minimum atomic E-state index is -1.03. The molecular weight excluding hydrogens is 292 g/mol. The highest BCUT2D eigenvalue weighted by molar-refractivity contribution is 5.92. The van der Waals surface area contributed by atoms with Gasteiger partial charge in [-0.1, -0.05) is 37.6 Å². The lowest BCUT2D eigenvalue weighted by molar-refractivity contribution is -0.159. The molecule has 1 fully saturated rings. The molecule has 2 aromatic rings. The van der Waals surface area contributed by atoms with Gasteiger partial charge < -0.3 is 15.1 Å². The van der Waals surface area contributed by atoms with Crippen LogP contribution in [0.5, 0.6) is 0 Å². The number of hydrogen-bond acceptors (Lipinski definition) is 4. The van der Waals surface area contributed by atoms with Crippen molar-refractivity contribution >= 4 is 22.6 Å². The van der Waals surface area contributed by atoms with Crippen molar-refractivity contribution in [1.29, 1.82) is 0 Å². The summed E-state index contributed by atoms with van der Waals surface area (Å²) in [7, 11) is 0. The van der Waals surface area contributed by atoms with Gasteiger partial charge in [-0.05, 0) is 24.3 Å². The van der Waals surface area contributed by atoms with Crippen LogP contribution in [-0.2, 0) is 4.79 Å². The van der Waals surface area contributed by atoms with Crippen LogP contribution in [-0.4, -0.2) is 40.4 Å². The van der Waals surface area contributed by atoms with Gasteiger partial charge in [-0.25, -0.2) is 4.98 Å². The molecule has 0 unspecified atom stereocenters. The molecule has 5 heteroatoms. The number of anilines is 1. The SMILES string of the molecule is CCC[C@]1(C(=O)O)CCN(c2nccc3ccccc23)C[C@H]1O. The van der Waals surface area contributed by atoms with Gasteiger partial charge in [-0.15, -0.1) is 0 Å². The summed E-state index contributed by atoms with van der Waals surface area (Å²) < 4.78 is 0. The molecule has 0 saturated carbocycles. The molecule has 122 valence electrons. The lowest BCUT2D eigenvalue weighted by Gasteiger charge is -2.43. The summed E-state index contributed by atoms with van der Waals surface area (Å²) in [4.78, 5) is 18.2. The average molecular weight is 314 g/mol. The fourth-order valence-electron chi connectivity index (χ4n) is 3.62. The van der Waals surface area contributed by atoms with Gasteiger partial charge in [0.15, 0.2) is 0 Å². The third-order valence-corrected chi connectivity index (χ3v) is 4.93. The zero-order valence-electron chi connectivity index (χ0n) is 13.3. The second-order valence-corrected chi connectivity index (χ2v) is 6.28. The predicted molar refractivity (Wildman–Crippen MR) is 89.6 cm³/mol. The zero-order valence-corrected chi connectivity index (χ0v) is 13.3. The van der Waals surface area contributed by atoms with E-state index < -0.39 is 17.5 Å². The minimum Gasteiger partial charge on any atom is -0.481 e. The first-order chi connectivity index (χ1) is 11.1. The first-order valence-electron chi connectivity index (χ1n) is 8.08. The van der Waals surface area contributed by atoms with E-state index in [1.54, 1.807) is 6.20 Å². The molecule has 1 saturated heterocycles. The highest BCUT2D eigenvalue weighted by Gasteiger charge is 2.48. The van der Waals surface area contributed by atoms with Crippen LogP contribution in [0.1, 0.15) is 26.2 Å². The maximum absolute atomic E-state index is 11.7. The molecule has 1 aliphatic rings. The summed E-state index contributed by atoms with van der Waals surface area (Å²) in [5.74, 6) is -0.0741. The molecule has 2 heterocycles. The molecule has 1 aromatic carbocycles. The van der Waals surface area contributed by atoms with Gasteiger partial charge >= 0.3 is 5.97 Å². The second-order valence-electron chi connectivity index (χ2n) is 6.28. The molecule has 2 atom stereocenters. The molecule has 0 amide bonds. The molecular formula is C18H22N2O3. The van der Waals surface area contributed by atoms with Crippen LogP contribution in [0.15, 0.2) is 36.5 Å². The first-order valence-corrected chi connectivity index (χ1v) is 8.08. The highest BCUT2D eigenvalue weighted by atomic mass is 16.4. The number of carboxylic acid groups (broad SMARTS) is 1. The second kappa shape index (κ2) is 6.16. The number of pyridine rings is 1. The number of piperidine rings is 1. The predicted octanol–water partition coefficient (Wildman–Crippen LogP) is 2.68. The number of aliphatic hydroxyl groups excluding tert-OH is 1. The number of carboxylic acids is 1. The Morgan fingerprint density at radius 2 is 2.17 bits per heavy atom. The number of fused-ring (bicyclic) bond motifs is 1. The maximum atomic E-state index is 11.7. The van der Waals surface area contributed by atoms with E-state index in [1.807, 2.05) is 42.2 Å². The number of rotatable bonds is 4. The average Bonchev–Trinajstić information content (AvgIpc) is 2.56. The lowest BCUT2D eigenvalue weighted by atomic mass is 9.73. The Balaban J connectivity index is 1.91. The Morgan fingerprint density at radius 1 is 1.39 bits per heavy atom. The molecule has 23 heavy (non-hydrogen) atoms. The molecule has 0 radical (unpaired) electrons. The van der Waals surface area contributed by atoms with E-state index in [0.717, 1.165) is 23.0 Å². The normalized spacial score (nSPS) is 24.8. The summed E-state index contributed by atoms with van der Waals surface area (Å²) in [6, 6.07) is 9.94. The standard InChI is InChI=1S/C18H22N2O3/c1-2-8-18(17(22)23)9-11-20(12-15(18)21)16-14-6-4-3-5-13(14)7-10-19-16/h3-7,10,15,21H,2,8-9,11-12H2,1H3,(H,22,23)/t15-,18+/m1/s1. The van der Waals surface area contributed by atoms with Gasteiger partial charge in [0.05, 0.1) is 11.5 Å². The lowest BCUT2D eigenvalue weighted by Crippen LogP contribution is -2.55. The number of β-amino-alcohol motifs (C(OH)–C–C–N with tert-alkyl or cyclic N) is 1. The molecule has 3 rings (SSSR count). The molecule has 1 aliphatic heterocycles. The van der Waals surface area contributed by atoms with Crippen LogP contribution in [0, 0.1) is 5.41 Å². The summed E-state index contributed by atoms with van der Waals surface area (Å²) >= 11 is 0. The Labute approximate surface area is 135 Å². The fourth-order valence-corrected chi connectivity index (χ4v) is 3.62. The molecule has 0 aliphatic carbocycles.